The van der Waals surface area contributed by atoms with Crippen molar-refractivity contribution in [2.45, 2.75) is 117 Å². The van der Waals surface area contributed by atoms with Crippen molar-refractivity contribution >= 4 is 15.6 Å². The lowest BCUT2D eigenvalue weighted by atomic mass is 9.88. The molecular weight excluding hydrogens is 332 g/mol. The molecule has 0 saturated heterocycles. The molecule has 0 saturated carbocycles. The minimum absolute atomic E-state index is 0.114. The molecule has 0 bridgehead atoms. The number of carbonyl (C=O) groups is 1. The molecule has 0 unspecified atom stereocenters. The van der Waals surface area contributed by atoms with Crippen LogP contribution in [0.5, 0.6) is 0 Å². The van der Waals surface area contributed by atoms with Crippen molar-refractivity contribution in [3.63, 3.8) is 0 Å². The third-order valence-electron chi connectivity index (χ3n) is 4.53. The van der Waals surface area contributed by atoms with E-state index in [-0.39, 0.29) is 5.41 Å². The van der Waals surface area contributed by atoms with Crippen LogP contribution in [0.15, 0.2) is 0 Å². The van der Waals surface area contributed by atoms with Crippen LogP contribution in [0, 0.1) is 5.41 Å². The van der Waals surface area contributed by atoms with E-state index >= 15 is 0 Å². The number of sulfone groups is 1. The highest BCUT2D eigenvalue weighted by molar-refractivity contribution is 7.92. The number of unbranched alkanes of at least 4 members (excludes halogenated alkanes) is 8. The smallest absolute Gasteiger partial charge is 0.155 e. The second-order valence-electron chi connectivity index (χ2n) is 9.64. The molecule has 0 radical (unpaired) electrons. The zero-order valence-corrected chi connectivity index (χ0v) is 18.4. The molecule has 0 fully saturated rings. The Morgan fingerprint density at radius 2 is 1.08 bits per heavy atom. The van der Waals surface area contributed by atoms with E-state index in [0.29, 0.717) is 18.0 Å². The van der Waals surface area contributed by atoms with Gasteiger partial charge in [0.25, 0.3) is 0 Å². The number of carbonyl (C=O) groups excluding carboxylic acids is 1. The van der Waals surface area contributed by atoms with Gasteiger partial charge in [0.2, 0.25) is 0 Å². The Labute approximate surface area is 157 Å². The molecule has 0 heterocycles. The maximum atomic E-state index is 12.0. The summed E-state index contributed by atoms with van der Waals surface area (Å²) in [6.45, 7) is 11.7. The van der Waals surface area contributed by atoms with Crippen molar-refractivity contribution in [1.29, 1.82) is 0 Å². The Morgan fingerprint density at radius 1 is 0.680 bits per heavy atom. The zero-order valence-electron chi connectivity index (χ0n) is 17.6. The summed E-state index contributed by atoms with van der Waals surface area (Å²) in [5.74, 6) is 0.719. The molecule has 0 aromatic carbocycles. The summed E-state index contributed by atoms with van der Waals surface area (Å²) in [5, 5.41) is 0. The molecule has 4 heteroatoms. The number of Topliss-reactive ketones (excluding diaryl/α,β-unsaturated/α-hetero) is 1. The first-order valence-corrected chi connectivity index (χ1v) is 11.7. The first-order valence-electron chi connectivity index (χ1n) is 10.1. The van der Waals surface area contributed by atoms with Gasteiger partial charge in [0.1, 0.15) is 5.78 Å². The maximum Gasteiger partial charge on any atom is 0.155 e. The number of rotatable bonds is 13. The summed E-state index contributed by atoms with van der Waals surface area (Å²) in [5.41, 5.74) is 0.114. The van der Waals surface area contributed by atoms with Crippen LogP contribution in [0.3, 0.4) is 0 Å². The fraction of sp³-hybridized carbons (Fsp3) is 0.952. The third kappa shape index (κ3) is 13.5. The van der Waals surface area contributed by atoms with Gasteiger partial charge in [0.15, 0.2) is 9.84 Å². The topological polar surface area (TPSA) is 51.2 Å². The Morgan fingerprint density at radius 3 is 1.48 bits per heavy atom. The SMILES string of the molecule is CC(C)(C)CC(=O)CCCCCCCCCCCS(=O)(=O)C(C)(C)C. The average Bonchev–Trinajstić information content (AvgIpc) is 2.41. The Hall–Kier alpha value is -0.380. The predicted molar refractivity (Wildman–Crippen MR) is 109 cm³/mol. The minimum atomic E-state index is -2.95. The van der Waals surface area contributed by atoms with Gasteiger partial charge in [-0.1, -0.05) is 65.7 Å². The largest absolute Gasteiger partial charge is 0.300 e. The van der Waals surface area contributed by atoms with Crippen LogP contribution in [0.2, 0.25) is 0 Å². The highest BCUT2D eigenvalue weighted by Gasteiger charge is 2.27. The second kappa shape index (κ2) is 11.4. The number of ketones is 1. The van der Waals surface area contributed by atoms with Crippen molar-refractivity contribution < 1.29 is 13.2 Å². The van der Waals surface area contributed by atoms with Gasteiger partial charge in [-0.15, -0.1) is 0 Å². The Kier molecular flexibility index (Phi) is 11.2. The lowest BCUT2D eigenvalue weighted by molar-refractivity contribution is -0.120. The van der Waals surface area contributed by atoms with Crippen molar-refractivity contribution in [3.8, 4) is 0 Å². The van der Waals surface area contributed by atoms with Crippen LogP contribution >= 0.6 is 0 Å². The Balaban J connectivity index is 3.48. The Bertz CT molecular complexity index is 464. The van der Waals surface area contributed by atoms with Crippen molar-refractivity contribution in [2.75, 3.05) is 5.75 Å². The summed E-state index contributed by atoms with van der Waals surface area (Å²) in [6.07, 6.45) is 11.4. The molecule has 3 nitrogen and oxygen atoms in total. The summed E-state index contributed by atoms with van der Waals surface area (Å²) in [6, 6.07) is 0. The first kappa shape index (κ1) is 24.6. The molecule has 0 rings (SSSR count). The van der Waals surface area contributed by atoms with Crippen LogP contribution in [0.4, 0.5) is 0 Å². The van der Waals surface area contributed by atoms with Crippen molar-refractivity contribution in [2.24, 2.45) is 5.41 Å². The highest BCUT2D eigenvalue weighted by atomic mass is 32.2. The van der Waals surface area contributed by atoms with Gasteiger partial charge >= 0.3 is 0 Å². The minimum Gasteiger partial charge on any atom is -0.300 e. The molecule has 0 aliphatic carbocycles. The van der Waals surface area contributed by atoms with Crippen LogP contribution in [-0.4, -0.2) is 24.7 Å². The third-order valence-corrected chi connectivity index (χ3v) is 7.22. The number of hydrogen-bond acceptors (Lipinski definition) is 3. The van der Waals surface area contributed by atoms with Gasteiger partial charge in [0, 0.05) is 12.8 Å². The van der Waals surface area contributed by atoms with Gasteiger partial charge < -0.3 is 0 Å². The van der Waals surface area contributed by atoms with E-state index in [1.165, 1.54) is 25.7 Å². The average molecular weight is 375 g/mol. The van der Waals surface area contributed by atoms with Gasteiger partial charge in [-0.05, 0) is 39.0 Å². The molecule has 0 atom stereocenters. The predicted octanol–water partition coefficient (Wildman–Crippen LogP) is 6.11. The highest BCUT2D eigenvalue weighted by Crippen LogP contribution is 2.21. The van der Waals surface area contributed by atoms with E-state index in [2.05, 4.69) is 20.8 Å². The lowest BCUT2D eigenvalue weighted by Gasteiger charge is -2.18. The quantitative estimate of drug-likeness (QED) is 0.366. The fourth-order valence-electron chi connectivity index (χ4n) is 2.84. The molecule has 0 aliphatic rings. The van der Waals surface area contributed by atoms with E-state index in [9.17, 15) is 13.2 Å². The van der Waals surface area contributed by atoms with Crippen molar-refractivity contribution in [1.82, 2.24) is 0 Å². The van der Waals surface area contributed by atoms with Crippen LogP contribution in [0.1, 0.15) is 112 Å². The van der Waals surface area contributed by atoms with Gasteiger partial charge in [-0.2, -0.15) is 0 Å². The summed E-state index contributed by atoms with van der Waals surface area (Å²) >= 11 is 0. The van der Waals surface area contributed by atoms with Crippen LogP contribution < -0.4 is 0 Å². The molecule has 0 aromatic heterocycles. The summed E-state index contributed by atoms with van der Waals surface area (Å²) in [4.78, 5) is 11.8. The molecule has 0 amide bonds. The maximum absolute atomic E-state index is 12.0. The van der Waals surface area contributed by atoms with E-state index in [1.54, 1.807) is 20.8 Å². The summed E-state index contributed by atoms with van der Waals surface area (Å²) < 4.78 is 23.4. The molecular formula is C21H42O3S. The second-order valence-corrected chi connectivity index (χ2v) is 12.5. The molecule has 0 N–H and O–H groups in total. The summed E-state index contributed by atoms with van der Waals surface area (Å²) in [7, 11) is -2.95. The lowest BCUT2D eigenvalue weighted by Crippen LogP contribution is -2.30. The monoisotopic (exact) mass is 374 g/mol. The van der Waals surface area contributed by atoms with E-state index in [1.807, 2.05) is 0 Å². The van der Waals surface area contributed by atoms with Gasteiger partial charge in [0.05, 0.1) is 10.5 Å². The molecule has 150 valence electrons. The fourth-order valence-corrected chi connectivity index (χ4v) is 4.03. The molecule has 0 spiro atoms. The van der Waals surface area contributed by atoms with E-state index in [4.69, 9.17) is 0 Å². The van der Waals surface area contributed by atoms with Crippen LogP contribution in [0.25, 0.3) is 0 Å². The van der Waals surface area contributed by atoms with E-state index in [0.717, 1.165) is 38.5 Å². The first-order chi connectivity index (χ1) is 11.4. The number of hydrogen-bond donors (Lipinski definition) is 0. The molecule has 0 aliphatic heterocycles. The standard InChI is InChI=1S/C21H42O3S/c1-20(2,3)18-19(22)16-14-12-10-8-7-9-11-13-15-17-25(23,24)21(4,5)6/h7-18H2,1-6H3. The van der Waals surface area contributed by atoms with Gasteiger partial charge in [-0.3, -0.25) is 4.79 Å². The van der Waals surface area contributed by atoms with E-state index < -0.39 is 14.6 Å². The zero-order chi connectivity index (χ0) is 19.6. The van der Waals surface area contributed by atoms with Crippen molar-refractivity contribution in [3.05, 3.63) is 0 Å². The van der Waals surface area contributed by atoms with Gasteiger partial charge in [-0.25, -0.2) is 8.42 Å². The normalized spacial score (nSPS) is 13.2. The molecule has 25 heavy (non-hydrogen) atoms. The molecule has 0 aromatic rings. The van der Waals surface area contributed by atoms with Crippen LogP contribution in [-0.2, 0) is 14.6 Å².